The summed E-state index contributed by atoms with van der Waals surface area (Å²) in [5.74, 6) is 0.609. The average Bonchev–Trinajstić information content (AvgIpc) is 2.54. The quantitative estimate of drug-likeness (QED) is 0.512. The molecule has 0 aliphatic carbocycles. The monoisotopic (exact) mass is 374 g/mol. The molecule has 0 aliphatic heterocycles. The van der Waals surface area contributed by atoms with Crippen molar-refractivity contribution in [2.24, 2.45) is 4.99 Å². The zero-order valence-corrected chi connectivity index (χ0v) is 16.1. The van der Waals surface area contributed by atoms with E-state index in [1.165, 1.54) is 4.31 Å². The molecule has 1 aromatic carbocycles. The van der Waals surface area contributed by atoms with E-state index in [1.807, 2.05) is 45.0 Å². The predicted molar refractivity (Wildman–Crippen MR) is 101 cm³/mol. The second-order valence-corrected chi connectivity index (χ2v) is 7.61. The molecule has 0 amide bonds. The van der Waals surface area contributed by atoms with Crippen LogP contribution in [0.4, 0.5) is 0 Å². The fourth-order valence-electron chi connectivity index (χ4n) is 2.18. The molecular weight excluding hydrogens is 348 g/mol. The summed E-state index contributed by atoms with van der Waals surface area (Å²) in [6.07, 6.45) is 0. The molecule has 0 bridgehead atoms. The topological polar surface area (TPSA) is 73.8 Å². The van der Waals surface area contributed by atoms with Crippen molar-refractivity contribution in [3.63, 3.8) is 0 Å². The molecule has 0 saturated heterocycles. The normalized spacial score (nSPS) is 12.5. The highest BCUT2D eigenvalue weighted by Gasteiger charge is 2.18. The van der Waals surface area contributed by atoms with Crippen LogP contribution >= 0.6 is 11.6 Å². The summed E-state index contributed by atoms with van der Waals surface area (Å²) >= 11 is 6.12. The summed E-state index contributed by atoms with van der Waals surface area (Å²) in [4.78, 5) is 4.45. The predicted octanol–water partition coefficient (Wildman–Crippen LogP) is 2.07. The van der Waals surface area contributed by atoms with Crippen molar-refractivity contribution in [1.29, 1.82) is 0 Å². The molecule has 6 nitrogen and oxygen atoms in total. The number of rotatable bonds is 9. The first-order valence-corrected chi connectivity index (χ1v) is 10.2. The maximum Gasteiger partial charge on any atom is 0.215 e. The molecule has 8 heteroatoms. The van der Waals surface area contributed by atoms with Crippen molar-refractivity contribution < 1.29 is 8.42 Å². The molecule has 0 atom stereocenters. The van der Waals surface area contributed by atoms with Crippen LogP contribution in [0.15, 0.2) is 29.3 Å². The first-order chi connectivity index (χ1) is 11.4. The van der Waals surface area contributed by atoms with Crippen molar-refractivity contribution >= 4 is 27.6 Å². The first-order valence-electron chi connectivity index (χ1n) is 8.18. The number of guanidine groups is 1. The van der Waals surface area contributed by atoms with E-state index in [0.717, 1.165) is 5.56 Å². The third-order valence-electron chi connectivity index (χ3n) is 3.46. The molecule has 1 rings (SSSR count). The number of nitrogens with one attached hydrogen (secondary N) is 2. The van der Waals surface area contributed by atoms with Gasteiger partial charge in [-0.2, -0.15) is 0 Å². The van der Waals surface area contributed by atoms with Crippen molar-refractivity contribution in [3.8, 4) is 0 Å². The zero-order valence-electron chi connectivity index (χ0n) is 14.5. The van der Waals surface area contributed by atoms with Crippen LogP contribution in [0.3, 0.4) is 0 Å². The third kappa shape index (κ3) is 6.67. The third-order valence-corrected chi connectivity index (χ3v) is 5.85. The molecule has 0 heterocycles. The van der Waals surface area contributed by atoms with E-state index in [0.29, 0.717) is 43.7 Å². The van der Waals surface area contributed by atoms with Crippen LogP contribution in [0, 0.1) is 0 Å². The Morgan fingerprint density at radius 2 is 1.83 bits per heavy atom. The van der Waals surface area contributed by atoms with Crippen molar-refractivity contribution in [3.05, 3.63) is 34.9 Å². The lowest BCUT2D eigenvalue weighted by atomic mass is 10.2. The fraction of sp³-hybridized carbons (Fsp3) is 0.562. The standard InChI is InChI=1S/C16H27ClN4O2S/c1-4-18-16(20-13-14-9-7-8-10-15(14)17)19-11-12-24(22,23)21(5-2)6-3/h7-10H,4-6,11-13H2,1-3H3,(H2,18,19,20). The number of halogens is 1. The van der Waals surface area contributed by atoms with Gasteiger partial charge < -0.3 is 10.6 Å². The number of aliphatic imine (C=N–C) groups is 1. The van der Waals surface area contributed by atoms with Gasteiger partial charge in [0.2, 0.25) is 10.0 Å². The van der Waals surface area contributed by atoms with Crippen LogP contribution in [0.5, 0.6) is 0 Å². The molecule has 0 spiro atoms. The van der Waals surface area contributed by atoms with Crippen LogP contribution in [-0.2, 0) is 16.6 Å². The van der Waals surface area contributed by atoms with Gasteiger partial charge in [-0.15, -0.1) is 0 Å². The van der Waals surface area contributed by atoms with Gasteiger partial charge in [-0.3, -0.25) is 0 Å². The smallest absolute Gasteiger partial charge is 0.215 e. The SMILES string of the molecule is CCNC(=NCc1ccccc1Cl)NCCS(=O)(=O)N(CC)CC. The van der Waals surface area contributed by atoms with Crippen LogP contribution in [-0.4, -0.2) is 50.6 Å². The minimum atomic E-state index is -3.24. The van der Waals surface area contributed by atoms with Crippen LogP contribution in [0.2, 0.25) is 5.02 Å². The molecule has 136 valence electrons. The Morgan fingerprint density at radius 1 is 1.17 bits per heavy atom. The Morgan fingerprint density at radius 3 is 2.42 bits per heavy atom. The maximum absolute atomic E-state index is 12.2. The second kappa shape index (κ2) is 10.5. The van der Waals surface area contributed by atoms with Crippen molar-refractivity contribution in [2.75, 3.05) is 31.9 Å². The Kier molecular flexibility index (Phi) is 9.10. The number of hydrogen-bond donors (Lipinski definition) is 2. The average molecular weight is 375 g/mol. The van der Waals surface area contributed by atoms with Crippen molar-refractivity contribution in [2.45, 2.75) is 27.3 Å². The number of hydrogen-bond acceptors (Lipinski definition) is 3. The summed E-state index contributed by atoms with van der Waals surface area (Å²) < 4.78 is 25.8. The van der Waals surface area contributed by atoms with Gasteiger partial charge in [0.25, 0.3) is 0 Å². The molecule has 1 aromatic rings. The van der Waals surface area contributed by atoms with E-state index in [9.17, 15) is 8.42 Å². The lowest BCUT2D eigenvalue weighted by Crippen LogP contribution is -2.42. The Labute approximate surface area is 150 Å². The minimum Gasteiger partial charge on any atom is -0.357 e. The van der Waals surface area contributed by atoms with Gasteiger partial charge in [0.15, 0.2) is 5.96 Å². The molecule has 0 saturated carbocycles. The summed E-state index contributed by atoms with van der Waals surface area (Å²) in [5.41, 5.74) is 0.923. The van der Waals surface area contributed by atoms with Crippen LogP contribution < -0.4 is 10.6 Å². The molecule has 0 unspecified atom stereocenters. The summed E-state index contributed by atoms with van der Waals surface area (Å²) in [6, 6.07) is 7.52. The maximum atomic E-state index is 12.2. The summed E-state index contributed by atoms with van der Waals surface area (Å²) in [6.45, 7) is 8.02. The van der Waals surface area contributed by atoms with Gasteiger partial charge in [0.1, 0.15) is 0 Å². The molecule has 0 radical (unpaired) electrons. The van der Waals surface area contributed by atoms with E-state index in [-0.39, 0.29) is 5.75 Å². The second-order valence-electron chi connectivity index (χ2n) is 5.11. The van der Waals surface area contributed by atoms with E-state index in [1.54, 1.807) is 0 Å². The van der Waals surface area contributed by atoms with Gasteiger partial charge in [-0.05, 0) is 18.6 Å². The van der Waals surface area contributed by atoms with E-state index < -0.39 is 10.0 Å². The van der Waals surface area contributed by atoms with Gasteiger partial charge in [0, 0.05) is 31.2 Å². The van der Waals surface area contributed by atoms with Gasteiger partial charge in [0.05, 0.1) is 12.3 Å². The highest BCUT2D eigenvalue weighted by molar-refractivity contribution is 7.89. The molecule has 0 fully saturated rings. The lowest BCUT2D eigenvalue weighted by Gasteiger charge is -2.19. The first kappa shape index (κ1) is 20.7. The fourth-order valence-corrected chi connectivity index (χ4v) is 3.78. The van der Waals surface area contributed by atoms with Gasteiger partial charge in [-0.1, -0.05) is 43.6 Å². The number of sulfonamides is 1. The van der Waals surface area contributed by atoms with Crippen LogP contribution in [0.1, 0.15) is 26.3 Å². The number of benzene rings is 1. The number of nitrogens with zero attached hydrogens (tertiary/aromatic N) is 2. The molecule has 0 aromatic heterocycles. The van der Waals surface area contributed by atoms with E-state index in [2.05, 4.69) is 15.6 Å². The van der Waals surface area contributed by atoms with Crippen LogP contribution in [0.25, 0.3) is 0 Å². The van der Waals surface area contributed by atoms with Crippen molar-refractivity contribution in [1.82, 2.24) is 14.9 Å². The highest BCUT2D eigenvalue weighted by atomic mass is 35.5. The minimum absolute atomic E-state index is 0.0329. The highest BCUT2D eigenvalue weighted by Crippen LogP contribution is 2.15. The lowest BCUT2D eigenvalue weighted by molar-refractivity contribution is 0.445. The van der Waals surface area contributed by atoms with E-state index in [4.69, 9.17) is 11.6 Å². The molecule has 24 heavy (non-hydrogen) atoms. The summed E-state index contributed by atoms with van der Waals surface area (Å²) in [5, 5.41) is 6.83. The largest absolute Gasteiger partial charge is 0.357 e. The molecular formula is C16H27ClN4O2S. The Bertz CT molecular complexity index is 631. The van der Waals surface area contributed by atoms with Gasteiger partial charge in [-0.25, -0.2) is 17.7 Å². The molecule has 0 aliphatic rings. The van der Waals surface area contributed by atoms with E-state index >= 15 is 0 Å². The summed E-state index contributed by atoms with van der Waals surface area (Å²) in [7, 11) is -3.24. The zero-order chi connectivity index (χ0) is 18.0. The molecule has 2 N–H and O–H groups in total. The van der Waals surface area contributed by atoms with Gasteiger partial charge >= 0.3 is 0 Å². The Balaban J connectivity index is 2.63. The Hall–Kier alpha value is -1.31.